The average molecular weight is 979 g/mol. The van der Waals surface area contributed by atoms with Gasteiger partial charge in [0.15, 0.2) is 17.5 Å². The van der Waals surface area contributed by atoms with Gasteiger partial charge in [0.2, 0.25) is 5.88 Å². The minimum atomic E-state index is -1.07. The van der Waals surface area contributed by atoms with Gasteiger partial charge >= 0.3 is 0 Å². The highest BCUT2D eigenvalue weighted by Crippen LogP contribution is 2.43. The summed E-state index contributed by atoms with van der Waals surface area (Å²) >= 11 is 0. The predicted octanol–water partition coefficient (Wildman–Crippen LogP) is 10.8. The number of aliphatic hydroxyl groups excluding tert-OH is 1. The Labute approximate surface area is 422 Å². The quantitative estimate of drug-likeness (QED) is 0.0738. The molecule has 1 aliphatic heterocycles. The van der Waals surface area contributed by atoms with Crippen LogP contribution in [0.15, 0.2) is 176 Å². The van der Waals surface area contributed by atoms with Crippen LogP contribution >= 0.6 is 0 Å². The number of rotatable bonds is 19. The maximum atomic E-state index is 11.3. The normalized spacial score (nSPS) is 15.5. The van der Waals surface area contributed by atoms with Gasteiger partial charge in [0.1, 0.15) is 59.6 Å². The molecule has 0 bridgehead atoms. The van der Waals surface area contributed by atoms with Crippen molar-refractivity contribution in [1.29, 1.82) is 0 Å². The summed E-state index contributed by atoms with van der Waals surface area (Å²) in [5.74, 6) is 3.24. The Morgan fingerprint density at radius 1 is 0.603 bits per heavy atom. The van der Waals surface area contributed by atoms with Gasteiger partial charge in [0.25, 0.3) is 0 Å². The lowest BCUT2D eigenvalue weighted by atomic mass is 9.80. The molecule has 1 fully saturated rings. The molecule has 1 aliphatic rings. The third-order valence-corrected chi connectivity index (χ3v) is 13.1. The topological polar surface area (TPSA) is 158 Å². The summed E-state index contributed by atoms with van der Waals surface area (Å²) in [6.07, 6.45) is 0.692. The summed E-state index contributed by atoms with van der Waals surface area (Å²) in [5.41, 5.74) is 8.76. The van der Waals surface area contributed by atoms with Crippen molar-refractivity contribution in [2.45, 2.75) is 50.5 Å². The smallest absolute Gasteiger partial charge is 0.245 e. The Kier molecular flexibility index (Phi) is 14.3. The second kappa shape index (κ2) is 21.6. The van der Waals surface area contributed by atoms with Crippen LogP contribution < -0.4 is 23.7 Å². The molecule has 3 heterocycles. The zero-order valence-corrected chi connectivity index (χ0v) is 40.8. The maximum Gasteiger partial charge on any atom is 0.245 e. The third kappa shape index (κ3) is 10.1. The van der Waals surface area contributed by atoms with E-state index in [0.717, 1.165) is 67.5 Å². The van der Waals surface area contributed by atoms with Gasteiger partial charge in [-0.05, 0) is 122 Å². The van der Waals surface area contributed by atoms with Gasteiger partial charge in [-0.25, -0.2) is 9.97 Å². The van der Waals surface area contributed by atoms with E-state index in [2.05, 4.69) is 21.0 Å². The van der Waals surface area contributed by atoms with E-state index in [9.17, 15) is 10.2 Å². The fourth-order valence-electron chi connectivity index (χ4n) is 9.42. The number of hydrogen-bond acceptors (Lipinski definition) is 13. The van der Waals surface area contributed by atoms with Crippen molar-refractivity contribution in [1.82, 2.24) is 19.5 Å². The number of ether oxygens (including phenoxy) is 8. The van der Waals surface area contributed by atoms with Gasteiger partial charge < -0.3 is 48.1 Å². The number of aromatic nitrogens is 4. The summed E-state index contributed by atoms with van der Waals surface area (Å²) < 4.78 is 49.8. The highest BCUT2D eigenvalue weighted by molar-refractivity contribution is 5.86. The zero-order chi connectivity index (χ0) is 50.3. The highest BCUT2D eigenvalue weighted by Gasteiger charge is 2.39. The number of phenolic OH excluding ortho intramolecular Hbond substituents is 1. The van der Waals surface area contributed by atoms with E-state index in [0.29, 0.717) is 22.3 Å². The molecule has 0 unspecified atom stereocenters. The number of nitrogens with zero attached hydrogens (tertiary/aromatic N) is 4. The Hall–Kier alpha value is -8.27. The molecule has 14 heteroatoms. The van der Waals surface area contributed by atoms with Crippen LogP contribution in [0.2, 0.25) is 0 Å². The Balaban J connectivity index is 0.854. The summed E-state index contributed by atoms with van der Waals surface area (Å²) in [6, 6.07) is 52.9. The molecule has 2 N–H and O–H groups in total. The SMILES string of the molecule is COc1ccc(-c2cccc(CO[C@@H]3O[C@@H](n4cnc5c(OCc6cc(O)cc(COC(c7ccccc7)(c7ccc(OC)cc7)c7ccc(OC)cc7)c6)ncnc54)C[C@@H]3O)c2-c2ccc(OC)cc2)cc1. The number of aliphatic hydroxyl groups is 1. The number of hydrogen-bond donors (Lipinski definition) is 2. The first-order chi connectivity index (χ1) is 35.8. The monoisotopic (exact) mass is 978 g/mol. The standard InChI is InChI=1S/C59H54N4O10/c1-66-47-21-13-40(14-22-47)51-12-8-9-42(54(51)41-15-23-48(67-2)24-16-41)35-71-58-52(65)32-53(73-58)63-37-62-55-56(63)60-36-61-57(55)70-33-38-29-39(31-46(64)30-38)34-72-59(43-10-6-5-7-11-43,44-17-25-49(68-3)26-18-44)45-19-27-50(69-4)28-20-45/h5-31,36-37,52-53,58,64-65H,32-35H2,1-4H3/t52-,53+,58+/m0/s1. The van der Waals surface area contributed by atoms with Crippen LogP contribution in [0.5, 0.6) is 34.6 Å². The number of imidazole rings is 1. The van der Waals surface area contributed by atoms with Gasteiger partial charge in [-0.3, -0.25) is 4.57 Å². The number of fused-ring (bicyclic) bond motifs is 1. The van der Waals surface area contributed by atoms with Crippen molar-refractivity contribution < 1.29 is 48.1 Å². The van der Waals surface area contributed by atoms with E-state index in [-0.39, 0.29) is 37.9 Å². The lowest BCUT2D eigenvalue weighted by molar-refractivity contribution is -0.182. The predicted molar refractivity (Wildman–Crippen MR) is 275 cm³/mol. The van der Waals surface area contributed by atoms with E-state index in [1.54, 1.807) is 51.5 Å². The van der Waals surface area contributed by atoms with E-state index < -0.39 is 24.2 Å². The summed E-state index contributed by atoms with van der Waals surface area (Å²) in [6.45, 7) is 0.328. The zero-order valence-electron chi connectivity index (χ0n) is 40.8. The van der Waals surface area contributed by atoms with E-state index >= 15 is 0 Å². The number of aromatic hydroxyl groups is 1. The van der Waals surface area contributed by atoms with Crippen LogP contribution in [-0.2, 0) is 39.6 Å². The van der Waals surface area contributed by atoms with Crippen molar-refractivity contribution >= 4 is 11.2 Å². The lowest BCUT2D eigenvalue weighted by Crippen LogP contribution is -2.32. The molecular weight excluding hydrogens is 925 g/mol. The third-order valence-electron chi connectivity index (χ3n) is 13.1. The largest absolute Gasteiger partial charge is 0.508 e. The number of methoxy groups -OCH3 is 4. The summed E-state index contributed by atoms with van der Waals surface area (Å²) in [5, 5.41) is 22.4. The summed E-state index contributed by atoms with van der Waals surface area (Å²) in [4.78, 5) is 13.6. The second-order valence-electron chi connectivity index (χ2n) is 17.5. The molecule has 1 saturated heterocycles. The molecule has 7 aromatic carbocycles. The average Bonchev–Trinajstić information content (AvgIpc) is 4.05. The van der Waals surface area contributed by atoms with Crippen molar-refractivity contribution in [3.63, 3.8) is 0 Å². The molecule has 10 rings (SSSR count). The number of phenols is 1. The molecule has 0 aliphatic carbocycles. The van der Waals surface area contributed by atoms with Crippen LogP contribution in [0.25, 0.3) is 33.4 Å². The Morgan fingerprint density at radius 3 is 1.79 bits per heavy atom. The first kappa shape index (κ1) is 48.4. The van der Waals surface area contributed by atoms with Crippen LogP contribution in [-0.4, -0.2) is 70.6 Å². The number of benzene rings is 7. The van der Waals surface area contributed by atoms with E-state index in [1.165, 1.54) is 6.33 Å². The van der Waals surface area contributed by atoms with Crippen LogP contribution in [0.1, 0.15) is 46.0 Å². The molecule has 2 aromatic heterocycles. The van der Waals surface area contributed by atoms with Gasteiger partial charge in [-0.2, -0.15) is 4.98 Å². The van der Waals surface area contributed by atoms with Gasteiger partial charge in [-0.1, -0.05) is 97.1 Å². The van der Waals surface area contributed by atoms with Crippen LogP contribution in [0, 0.1) is 0 Å². The fraction of sp³-hybridized carbons (Fsp3) is 0.203. The molecule has 0 saturated carbocycles. The first-order valence-electron chi connectivity index (χ1n) is 23.7. The molecule has 370 valence electrons. The lowest BCUT2D eigenvalue weighted by Gasteiger charge is -2.36. The molecule has 14 nitrogen and oxygen atoms in total. The fourth-order valence-corrected chi connectivity index (χ4v) is 9.42. The molecule has 0 spiro atoms. The summed E-state index contributed by atoms with van der Waals surface area (Å²) in [7, 11) is 6.56. The molecule has 73 heavy (non-hydrogen) atoms. The first-order valence-corrected chi connectivity index (χ1v) is 23.7. The Morgan fingerprint density at radius 2 is 1.18 bits per heavy atom. The van der Waals surface area contributed by atoms with Crippen LogP contribution in [0.3, 0.4) is 0 Å². The van der Waals surface area contributed by atoms with Crippen molar-refractivity contribution in [2.24, 2.45) is 0 Å². The van der Waals surface area contributed by atoms with E-state index in [1.807, 2.05) is 146 Å². The molecule has 0 radical (unpaired) electrons. The minimum Gasteiger partial charge on any atom is -0.508 e. The Bertz CT molecular complexity index is 3230. The highest BCUT2D eigenvalue weighted by atomic mass is 16.7. The van der Waals surface area contributed by atoms with Crippen molar-refractivity contribution in [3.8, 4) is 56.9 Å². The van der Waals surface area contributed by atoms with Gasteiger partial charge in [0, 0.05) is 6.42 Å². The van der Waals surface area contributed by atoms with Gasteiger partial charge in [-0.15, -0.1) is 0 Å². The van der Waals surface area contributed by atoms with Crippen molar-refractivity contribution in [2.75, 3.05) is 28.4 Å². The van der Waals surface area contributed by atoms with Crippen LogP contribution in [0.4, 0.5) is 0 Å². The molecular formula is C59H54N4O10. The molecule has 0 amide bonds. The minimum absolute atomic E-state index is 0.0478. The van der Waals surface area contributed by atoms with Gasteiger partial charge in [0.05, 0.1) is 48.0 Å². The maximum absolute atomic E-state index is 11.3. The second-order valence-corrected chi connectivity index (χ2v) is 17.5. The van der Waals surface area contributed by atoms with Crippen molar-refractivity contribution in [3.05, 3.63) is 210 Å². The molecule has 3 atom stereocenters. The molecule has 9 aromatic rings. The van der Waals surface area contributed by atoms with E-state index in [4.69, 9.17) is 37.9 Å².